The second kappa shape index (κ2) is 9.21. The lowest BCUT2D eigenvalue weighted by molar-refractivity contribution is -0.131. The molecule has 8 heteroatoms. The van der Waals surface area contributed by atoms with Crippen molar-refractivity contribution in [2.45, 2.75) is 78.1 Å². The molecule has 2 aromatic rings. The van der Waals surface area contributed by atoms with Gasteiger partial charge in [-0.15, -0.1) is 0 Å². The second-order valence-corrected chi connectivity index (χ2v) is 15.9. The van der Waals surface area contributed by atoms with Crippen molar-refractivity contribution >= 4 is 25.1 Å². The largest absolute Gasteiger partial charge is 0.496 e. The van der Waals surface area contributed by atoms with Crippen LogP contribution in [0.4, 0.5) is 0 Å². The van der Waals surface area contributed by atoms with Crippen LogP contribution < -0.4 is 23.7 Å². The molecule has 1 aliphatic rings. The Bertz CT molecular complexity index is 1150. The smallest absolute Gasteiger partial charge is 0.308 e. The zero-order chi connectivity index (χ0) is 26.5. The summed E-state index contributed by atoms with van der Waals surface area (Å²) in [6, 6.07) is 1.82. The van der Waals surface area contributed by atoms with Gasteiger partial charge in [-0.2, -0.15) is 0 Å². The van der Waals surface area contributed by atoms with Crippen molar-refractivity contribution in [1.82, 2.24) is 0 Å². The van der Waals surface area contributed by atoms with Crippen molar-refractivity contribution in [3.63, 3.8) is 0 Å². The van der Waals surface area contributed by atoms with E-state index >= 15 is 0 Å². The van der Waals surface area contributed by atoms with Gasteiger partial charge >= 0.3 is 5.97 Å². The fourth-order valence-corrected chi connectivity index (χ4v) is 5.56. The minimum atomic E-state index is -2.05. The average Bonchev–Trinajstić information content (AvgIpc) is 3.02. The van der Waals surface area contributed by atoms with Gasteiger partial charge < -0.3 is 28.1 Å². The maximum atomic E-state index is 12.2. The number of hydrogen-bond acceptors (Lipinski definition) is 7. The highest BCUT2D eigenvalue weighted by Crippen LogP contribution is 2.58. The van der Waals surface area contributed by atoms with Gasteiger partial charge in [0.05, 0.1) is 32.1 Å². The summed E-state index contributed by atoms with van der Waals surface area (Å²) in [4.78, 5) is 12.2. The summed E-state index contributed by atoms with van der Waals surface area (Å²) < 4.78 is 36.3. The number of carbonyl (C=O) groups excluding carboxylic acids is 1. The number of methoxy groups -OCH3 is 3. The molecule has 7 nitrogen and oxygen atoms in total. The Hall–Kier alpha value is -2.45. The van der Waals surface area contributed by atoms with Crippen LogP contribution in [0.5, 0.6) is 28.7 Å². The van der Waals surface area contributed by atoms with Crippen LogP contribution in [0.25, 0.3) is 10.8 Å². The zero-order valence-electron chi connectivity index (χ0n) is 23.2. The number of carbonyl (C=O) groups is 1. The quantitative estimate of drug-likeness (QED) is 0.254. The van der Waals surface area contributed by atoms with E-state index in [2.05, 4.69) is 40.8 Å². The Morgan fingerprint density at radius 2 is 1.66 bits per heavy atom. The lowest BCUT2D eigenvalue weighted by atomic mass is 9.79. The molecular formula is C27H40O7Si. The molecule has 35 heavy (non-hydrogen) atoms. The van der Waals surface area contributed by atoms with Crippen molar-refractivity contribution in [2.75, 3.05) is 27.9 Å². The Labute approximate surface area is 210 Å². The Kier molecular flexibility index (Phi) is 7.14. The molecule has 0 radical (unpaired) electrons. The van der Waals surface area contributed by atoms with Crippen LogP contribution in [0.2, 0.25) is 18.1 Å². The van der Waals surface area contributed by atoms with E-state index in [-0.39, 0.29) is 11.1 Å². The van der Waals surface area contributed by atoms with E-state index in [1.54, 1.807) is 21.3 Å². The molecule has 2 aromatic carbocycles. The van der Waals surface area contributed by atoms with E-state index in [4.69, 9.17) is 28.1 Å². The third-order valence-electron chi connectivity index (χ3n) is 7.77. The normalized spacial score (nSPS) is 19.8. The van der Waals surface area contributed by atoms with Crippen LogP contribution in [0.1, 0.15) is 52.7 Å². The van der Waals surface area contributed by atoms with Crippen LogP contribution in [-0.4, -0.2) is 48.3 Å². The predicted octanol–water partition coefficient (Wildman–Crippen LogP) is 6.16. The number of benzene rings is 2. The highest BCUT2D eigenvalue weighted by molar-refractivity contribution is 6.74. The molecule has 0 aromatic heterocycles. The summed E-state index contributed by atoms with van der Waals surface area (Å²) in [7, 11) is 2.74. The Morgan fingerprint density at radius 3 is 2.14 bits per heavy atom. The van der Waals surface area contributed by atoms with Crippen molar-refractivity contribution in [1.29, 1.82) is 0 Å². The van der Waals surface area contributed by atoms with Gasteiger partial charge in [0.2, 0.25) is 0 Å². The van der Waals surface area contributed by atoms with E-state index in [9.17, 15) is 4.79 Å². The van der Waals surface area contributed by atoms with Crippen LogP contribution in [0, 0.1) is 6.92 Å². The molecule has 2 atom stereocenters. The molecule has 3 rings (SSSR count). The second-order valence-electron chi connectivity index (χ2n) is 11.0. The predicted molar refractivity (Wildman–Crippen MR) is 140 cm³/mol. The minimum absolute atomic E-state index is 0.0568. The molecule has 0 spiro atoms. The van der Waals surface area contributed by atoms with Crippen molar-refractivity contribution in [3.05, 3.63) is 17.2 Å². The Balaban J connectivity index is 2.37. The highest BCUT2D eigenvalue weighted by atomic mass is 28.4. The van der Waals surface area contributed by atoms with Gasteiger partial charge in [-0.25, -0.2) is 0 Å². The van der Waals surface area contributed by atoms with Crippen LogP contribution in [0.15, 0.2) is 6.07 Å². The van der Waals surface area contributed by atoms with Gasteiger partial charge in [-0.3, -0.25) is 4.79 Å². The van der Waals surface area contributed by atoms with Crippen molar-refractivity contribution < 1.29 is 32.9 Å². The fourth-order valence-electron chi connectivity index (χ4n) is 4.47. The van der Waals surface area contributed by atoms with Crippen LogP contribution >= 0.6 is 0 Å². The Morgan fingerprint density at radius 1 is 1.09 bits per heavy atom. The van der Waals surface area contributed by atoms with E-state index in [1.165, 1.54) is 6.92 Å². The van der Waals surface area contributed by atoms with Gasteiger partial charge in [0.15, 0.2) is 19.8 Å². The maximum Gasteiger partial charge on any atom is 0.308 e. The SMILES string of the molecule is COc1c(C)c(OC)c2c3c(c(OC(C)=O)cc2c1OC)[C@@](C)(CO[Si](C)(C)C(C)(C)C)[C@@H](C)O3. The molecule has 0 N–H and O–H groups in total. The van der Waals surface area contributed by atoms with E-state index in [1.807, 2.05) is 19.9 Å². The standard InChI is InChI=1S/C27H40O7Si/c1-15-22(29-8)20-18(24(31-10)23(15)30-9)13-19(34-17(3)28)21-25(20)33-16(2)27(21,7)14-32-35(11,12)26(4,5)6/h13,16H,14H2,1-12H3/t16-,27+/m1/s1. The minimum Gasteiger partial charge on any atom is -0.496 e. The number of rotatable bonds is 7. The van der Waals surface area contributed by atoms with Crippen LogP contribution in [-0.2, 0) is 14.6 Å². The molecule has 0 aliphatic carbocycles. The summed E-state index contributed by atoms with van der Waals surface area (Å²) in [6.45, 7) is 19.0. The number of esters is 1. The van der Waals surface area contributed by atoms with E-state index < -0.39 is 19.7 Å². The first-order chi connectivity index (χ1) is 16.1. The van der Waals surface area contributed by atoms with Gasteiger partial charge in [-0.1, -0.05) is 20.8 Å². The molecule has 0 fully saturated rings. The topological polar surface area (TPSA) is 72.5 Å². The molecule has 0 unspecified atom stereocenters. The highest BCUT2D eigenvalue weighted by Gasteiger charge is 2.50. The summed E-state index contributed by atoms with van der Waals surface area (Å²) in [5, 5.41) is 1.50. The lowest BCUT2D eigenvalue weighted by Gasteiger charge is -2.39. The maximum absolute atomic E-state index is 12.2. The van der Waals surface area contributed by atoms with Gasteiger partial charge in [0.1, 0.15) is 23.4 Å². The zero-order valence-corrected chi connectivity index (χ0v) is 24.2. The molecule has 0 saturated heterocycles. The first kappa shape index (κ1) is 27.1. The summed E-state index contributed by atoms with van der Waals surface area (Å²) >= 11 is 0. The van der Waals surface area contributed by atoms with Crippen molar-refractivity contribution in [3.8, 4) is 28.7 Å². The van der Waals surface area contributed by atoms with Crippen LogP contribution in [0.3, 0.4) is 0 Å². The molecule has 194 valence electrons. The third kappa shape index (κ3) is 4.35. The number of ether oxygens (including phenoxy) is 5. The first-order valence-corrected chi connectivity index (χ1v) is 14.8. The van der Waals surface area contributed by atoms with Gasteiger partial charge in [-0.05, 0) is 45.0 Å². The first-order valence-electron chi connectivity index (χ1n) is 11.9. The summed E-state index contributed by atoms with van der Waals surface area (Å²) in [5.41, 5.74) is 1.04. The molecule has 0 bridgehead atoms. The number of hydrogen-bond donors (Lipinski definition) is 0. The van der Waals surface area contributed by atoms with Crippen molar-refractivity contribution in [2.24, 2.45) is 0 Å². The van der Waals surface area contributed by atoms with E-state index in [0.717, 1.165) is 16.5 Å². The monoisotopic (exact) mass is 504 g/mol. The van der Waals surface area contributed by atoms with Gasteiger partial charge in [0, 0.05) is 30.0 Å². The summed E-state index contributed by atoms with van der Waals surface area (Å²) in [6.07, 6.45) is -0.236. The third-order valence-corrected chi connectivity index (χ3v) is 12.3. The lowest BCUT2D eigenvalue weighted by Crippen LogP contribution is -2.47. The fraction of sp³-hybridized carbons (Fsp3) is 0.593. The average molecular weight is 505 g/mol. The molecule has 0 amide bonds. The van der Waals surface area contributed by atoms with E-state index in [0.29, 0.717) is 40.7 Å². The molecule has 0 saturated carbocycles. The summed E-state index contributed by atoms with van der Waals surface area (Å²) in [5.74, 6) is 2.35. The molecule has 1 aliphatic heterocycles. The molecular weight excluding hydrogens is 464 g/mol. The number of fused-ring (bicyclic) bond motifs is 3. The van der Waals surface area contributed by atoms with Gasteiger partial charge in [0.25, 0.3) is 0 Å². The molecule has 1 heterocycles.